The minimum atomic E-state index is 0.148. The quantitative estimate of drug-likeness (QED) is 0.563. The number of carbonyl (C=O) groups is 1. The molecule has 2 saturated heterocycles. The first-order chi connectivity index (χ1) is 11.2. The standard InChI is InChI=1S/C17H33N5O/c1-3-18-17(20-13-16(23)22-10-5-6-11-22)19-12-15-8-7-9-21(4-2)14-15/h15H,3-14H2,1-2H3,(H2,18,19,20). The van der Waals surface area contributed by atoms with Gasteiger partial charge in [0, 0.05) is 32.7 Å². The van der Waals surface area contributed by atoms with Crippen molar-refractivity contribution in [3.63, 3.8) is 0 Å². The van der Waals surface area contributed by atoms with Crippen LogP contribution in [0.25, 0.3) is 0 Å². The van der Waals surface area contributed by atoms with Gasteiger partial charge in [-0.25, -0.2) is 4.99 Å². The first kappa shape index (κ1) is 18.0. The summed E-state index contributed by atoms with van der Waals surface area (Å²) in [6, 6.07) is 0. The topological polar surface area (TPSA) is 60.0 Å². The Kier molecular flexibility index (Phi) is 7.65. The summed E-state index contributed by atoms with van der Waals surface area (Å²) in [5, 5.41) is 6.67. The maximum atomic E-state index is 12.1. The molecule has 0 saturated carbocycles. The molecule has 2 heterocycles. The largest absolute Gasteiger partial charge is 0.357 e. The molecule has 0 spiro atoms. The summed E-state index contributed by atoms with van der Waals surface area (Å²) in [6.07, 6.45) is 4.81. The molecule has 132 valence electrons. The minimum absolute atomic E-state index is 0.148. The van der Waals surface area contributed by atoms with Crippen molar-refractivity contribution >= 4 is 11.9 Å². The summed E-state index contributed by atoms with van der Waals surface area (Å²) in [6.45, 7) is 11.6. The fourth-order valence-corrected chi connectivity index (χ4v) is 3.40. The average Bonchev–Trinajstić information content (AvgIpc) is 3.12. The van der Waals surface area contributed by atoms with Crippen molar-refractivity contribution < 1.29 is 4.79 Å². The highest BCUT2D eigenvalue weighted by Gasteiger charge is 2.19. The average molecular weight is 323 g/mol. The number of rotatable bonds is 6. The van der Waals surface area contributed by atoms with E-state index in [9.17, 15) is 4.79 Å². The molecular formula is C17H33N5O. The lowest BCUT2D eigenvalue weighted by Gasteiger charge is -2.32. The highest BCUT2D eigenvalue weighted by Crippen LogP contribution is 2.15. The lowest BCUT2D eigenvalue weighted by Crippen LogP contribution is -2.44. The van der Waals surface area contributed by atoms with Crippen LogP contribution in [0.2, 0.25) is 0 Å². The Morgan fingerprint density at radius 3 is 2.61 bits per heavy atom. The van der Waals surface area contributed by atoms with E-state index in [2.05, 4.69) is 34.4 Å². The molecule has 0 radical (unpaired) electrons. The summed E-state index contributed by atoms with van der Waals surface area (Å²) in [7, 11) is 0. The van der Waals surface area contributed by atoms with E-state index in [1.54, 1.807) is 0 Å². The van der Waals surface area contributed by atoms with Gasteiger partial charge in [0.15, 0.2) is 5.96 Å². The van der Waals surface area contributed by atoms with Crippen LogP contribution in [0, 0.1) is 5.92 Å². The van der Waals surface area contributed by atoms with Crippen LogP contribution in [0.3, 0.4) is 0 Å². The zero-order valence-corrected chi connectivity index (χ0v) is 14.8. The van der Waals surface area contributed by atoms with E-state index in [-0.39, 0.29) is 12.5 Å². The molecule has 2 aliphatic heterocycles. The van der Waals surface area contributed by atoms with Crippen molar-refractivity contribution in [2.45, 2.75) is 39.5 Å². The van der Waals surface area contributed by atoms with Gasteiger partial charge in [-0.2, -0.15) is 0 Å². The minimum Gasteiger partial charge on any atom is -0.357 e. The highest BCUT2D eigenvalue weighted by molar-refractivity contribution is 5.85. The van der Waals surface area contributed by atoms with Crippen LogP contribution in [0.4, 0.5) is 0 Å². The Balaban J connectivity index is 1.77. The Morgan fingerprint density at radius 2 is 1.91 bits per heavy atom. The van der Waals surface area contributed by atoms with Gasteiger partial charge in [0.2, 0.25) is 5.91 Å². The maximum Gasteiger partial charge on any atom is 0.244 e. The zero-order chi connectivity index (χ0) is 16.5. The van der Waals surface area contributed by atoms with Crippen LogP contribution in [0.1, 0.15) is 39.5 Å². The van der Waals surface area contributed by atoms with Crippen molar-refractivity contribution in [3.8, 4) is 0 Å². The highest BCUT2D eigenvalue weighted by atomic mass is 16.2. The summed E-state index contributed by atoms with van der Waals surface area (Å²) < 4.78 is 0. The summed E-state index contributed by atoms with van der Waals surface area (Å²) in [4.78, 5) is 21.0. The van der Waals surface area contributed by atoms with E-state index < -0.39 is 0 Å². The number of nitrogens with one attached hydrogen (secondary N) is 2. The second-order valence-corrected chi connectivity index (χ2v) is 6.57. The van der Waals surface area contributed by atoms with Crippen molar-refractivity contribution in [2.75, 3.05) is 52.4 Å². The fraction of sp³-hybridized carbons (Fsp3) is 0.882. The lowest BCUT2D eigenvalue weighted by molar-refractivity contribution is -0.128. The molecule has 1 unspecified atom stereocenters. The van der Waals surface area contributed by atoms with Gasteiger partial charge in [-0.15, -0.1) is 0 Å². The third kappa shape index (κ3) is 6.01. The normalized spacial score (nSPS) is 23.1. The molecule has 23 heavy (non-hydrogen) atoms. The van der Waals surface area contributed by atoms with E-state index in [0.29, 0.717) is 5.92 Å². The molecule has 6 nitrogen and oxygen atoms in total. The van der Waals surface area contributed by atoms with E-state index >= 15 is 0 Å². The zero-order valence-electron chi connectivity index (χ0n) is 14.8. The number of amides is 1. The molecule has 0 bridgehead atoms. The molecule has 2 aliphatic rings. The maximum absolute atomic E-state index is 12.1. The SMILES string of the molecule is CCNC(=NCC(=O)N1CCCC1)NCC1CCCN(CC)C1. The van der Waals surface area contributed by atoms with Crippen LogP contribution in [0.5, 0.6) is 0 Å². The van der Waals surface area contributed by atoms with Crippen LogP contribution in [-0.4, -0.2) is 74.0 Å². The summed E-state index contributed by atoms with van der Waals surface area (Å²) in [5.74, 6) is 1.59. The van der Waals surface area contributed by atoms with Crippen molar-refractivity contribution in [1.29, 1.82) is 0 Å². The fourth-order valence-electron chi connectivity index (χ4n) is 3.40. The summed E-state index contributed by atoms with van der Waals surface area (Å²) in [5.41, 5.74) is 0. The molecule has 6 heteroatoms. The number of carbonyl (C=O) groups excluding carboxylic acids is 1. The van der Waals surface area contributed by atoms with Crippen molar-refractivity contribution in [2.24, 2.45) is 10.9 Å². The molecule has 0 aromatic carbocycles. The second kappa shape index (κ2) is 9.75. The van der Waals surface area contributed by atoms with Crippen molar-refractivity contribution in [3.05, 3.63) is 0 Å². The van der Waals surface area contributed by atoms with Crippen LogP contribution in [0.15, 0.2) is 4.99 Å². The Hall–Kier alpha value is -1.30. The Bertz CT molecular complexity index is 392. The molecular weight excluding hydrogens is 290 g/mol. The Labute approximate surface area is 140 Å². The van der Waals surface area contributed by atoms with E-state index in [4.69, 9.17) is 0 Å². The number of aliphatic imine (C=N–C) groups is 1. The smallest absolute Gasteiger partial charge is 0.244 e. The molecule has 0 aromatic rings. The van der Waals surface area contributed by atoms with Gasteiger partial charge in [0.25, 0.3) is 0 Å². The molecule has 2 fully saturated rings. The summed E-state index contributed by atoms with van der Waals surface area (Å²) >= 11 is 0. The molecule has 2 N–H and O–H groups in total. The van der Waals surface area contributed by atoms with Crippen LogP contribution in [-0.2, 0) is 4.79 Å². The van der Waals surface area contributed by atoms with Gasteiger partial charge in [-0.1, -0.05) is 6.92 Å². The predicted octanol–water partition coefficient (Wildman–Crippen LogP) is 0.896. The number of hydrogen-bond acceptors (Lipinski definition) is 3. The van der Waals surface area contributed by atoms with E-state index in [1.807, 2.05) is 4.90 Å². The predicted molar refractivity (Wildman–Crippen MR) is 94.6 cm³/mol. The molecule has 2 rings (SSSR count). The first-order valence-corrected chi connectivity index (χ1v) is 9.25. The molecule has 1 amide bonds. The van der Waals surface area contributed by atoms with Crippen LogP contribution < -0.4 is 10.6 Å². The number of likely N-dealkylation sites (tertiary alicyclic amines) is 2. The number of hydrogen-bond donors (Lipinski definition) is 2. The second-order valence-electron chi connectivity index (χ2n) is 6.57. The van der Waals surface area contributed by atoms with E-state index in [0.717, 1.165) is 58.1 Å². The van der Waals surface area contributed by atoms with Gasteiger partial charge >= 0.3 is 0 Å². The van der Waals surface area contributed by atoms with Crippen molar-refractivity contribution in [1.82, 2.24) is 20.4 Å². The Morgan fingerprint density at radius 1 is 1.13 bits per heavy atom. The number of nitrogens with zero attached hydrogens (tertiary/aromatic N) is 3. The molecule has 1 atom stereocenters. The third-order valence-corrected chi connectivity index (χ3v) is 4.78. The van der Waals surface area contributed by atoms with E-state index in [1.165, 1.54) is 19.4 Å². The lowest BCUT2D eigenvalue weighted by atomic mass is 9.98. The number of piperidine rings is 1. The van der Waals surface area contributed by atoms with Gasteiger partial charge in [0.05, 0.1) is 0 Å². The monoisotopic (exact) mass is 323 g/mol. The van der Waals surface area contributed by atoms with Gasteiger partial charge < -0.3 is 20.4 Å². The first-order valence-electron chi connectivity index (χ1n) is 9.25. The van der Waals surface area contributed by atoms with Gasteiger partial charge in [-0.3, -0.25) is 4.79 Å². The molecule has 0 aromatic heterocycles. The van der Waals surface area contributed by atoms with Gasteiger partial charge in [-0.05, 0) is 51.6 Å². The number of guanidine groups is 1. The molecule has 0 aliphatic carbocycles. The van der Waals surface area contributed by atoms with Gasteiger partial charge in [0.1, 0.15) is 6.54 Å². The third-order valence-electron chi connectivity index (χ3n) is 4.78. The van der Waals surface area contributed by atoms with Crippen LogP contribution >= 0.6 is 0 Å².